The Hall–Kier alpha value is -3.06. The van der Waals surface area contributed by atoms with E-state index in [1.54, 1.807) is 6.20 Å². The van der Waals surface area contributed by atoms with Crippen LogP contribution in [0.25, 0.3) is 22.2 Å². The lowest BCUT2D eigenvalue weighted by Crippen LogP contribution is -2.00. The molecule has 0 atom stereocenters. The van der Waals surface area contributed by atoms with Crippen molar-refractivity contribution in [1.29, 1.82) is 0 Å². The van der Waals surface area contributed by atoms with Crippen LogP contribution in [0.4, 0.5) is 0 Å². The smallest absolute Gasteiger partial charge is 0.381 e. The van der Waals surface area contributed by atoms with Gasteiger partial charge in [0.15, 0.2) is 0 Å². The first-order chi connectivity index (χ1) is 10.7. The first-order valence-electron chi connectivity index (χ1n) is 6.88. The van der Waals surface area contributed by atoms with Gasteiger partial charge in [0.1, 0.15) is 0 Å². The van der Waals surface area contributed by atoms with Crippen molar-refractivity contribution in [3.63, 3.8) is 0 Å². The second-order valence-electron chi connectivity index (χ2n) is 4.93. The van der Waals surface area contributed by atoms with Crippen molar-refractivity contribution >= 4 is 16.9 Å². The van der Waals surface area contributed by atoms with E-state index in [4.69, 9.17) is 5.11 Å². The number of aliphatic carboxylic acids is 1. The maximum absolute atomic E-state index is 10.6. The van der Waals surface area contributed by atoms with Gasteiger partial charge in [0, 0.05) is 34.8 Å². The molecular formula is C18H14N2O2. The topological polar surface area (TPSA) is 55.1 Å². The third-order valence-electron chi connectivity index (χ3n) is 3.59. The third kappa shape index (κ3) is 2.45. The molecule has 4 nitrogen and oxygen atoms in total. The molecule has 1 aromatic carbocycles. The number of carboxylic acids is 1. The molecule has 0 bridgehead atoms. The van der Waals surface area contributed by atoms with Crippen LogP contribution in [-0.2, 0) is 11.3 Å². The van der Waals surface area contributed by atoms with Crippen molar-refractivity contribution in [3.8, 4) is 23.1 Å². The summed E-state index contributed by atoms with van der Waals surface area (Å²) in [5.41, 5.74) is 4.20. The van der Waals surface area contributed by atoms with Crippen molar-refractivity contribution in [3.05, 3.63) is 54.4 Å². The van der Waals surface area contributed by atoms with Crippen LogP contribution in [0, 0.1) is 18.8 Å². The van der Waals surface area contributed by atoms with Crippen molar-refractivity contribution in [2.75, 3.05) is 0 Å². The molecule has 3 aromatic rings. The fourth-order valence-electron chi connectivity index (χ4n) is 2.71. The molecule has 0 fully saturated rings. The number of rotatable bonds is 2. The zero-order valence-corrected chi connectivity index (χ0v) is 12.1. The summed E-state index contributed by atoms with van der Waals surface area (Å²) in [6, 6.07) is 11.9. The predicted molar refractivity (Wildman–Crippen MR) is 85.3 cm³/mol. The lowest BCUT2D eigenvalue weighted by Gasteiger charge is -2.08. The van der Waals surface area contributed by atoms with Crippen LogP contribution in [0.1, 0.15) is 5.56 Å². The molecule has 0 saturated heterocycles. The molecule has 1 N–H and O–H groups in total. The Morgan fingerprint density at radius 3 is 2.82 bits per heavy atom. The van der Waals surface area contributed by atoms with E-state index in [1.807, 2.05) is 41.1 Å². The maximum atomic E-state index is 10.6. The van der Waals surface area contributed by atoms with Gasteiger partial charge in [-0.3, -0.25) is 4.98 Å². The minimum Gasteiger partial charge on any atom is -0.472 e. The molecule has 2 heterocycles. The summed E-state index contributed by atoms with van der Waals surface area (Å²) in [6.07, 6.45) is 3.54. The van der Waals surface area contributed by atoms with Crippen LogP contribution >= 0.6 is 0 Å². The van der Waals surface area contributed by atoms with Gasteiger partial charge in [-0.1, -0.05) is 24.1 Å². The average Bonchev–Trinajstić information content (AvgIpc) is 2.81. The number of hydrogen-bond acceptors (Lipinski definition) is 2. The number of benzene rings is 1. The van der Waals surface area contributed by atoms with E-state index >= 15 is 0 Å². The quantitative estimate of drug-likeness (QED) is 0.738. The first kappa shape index (κ1) is 13.9. The van der Waals surface area contributed by atoms with E-state index in [2.05, 4.69) is 29.8 Å². The summed E-state index contributed by atoms with van der Waals surface area (Å²) >= 11 is 0. The molecule has 0 saturated carbocycles. The van der Waals surface area contributed by atoms with Gasteiger partial charge in [0.25, 0.3) is 0 Å². The number of carbonyl (C=O) groups is 1. The Morgan fingerprint density at radius 2 is 2.09 bits per heavy atom. The highest BCUT2D eigenvalue weighted by atomic mass is 16.4. The Balaban J connectivity index is 2.24. The maximum Gasteiger partial charge on any atom is 0.381 e. The van der Waals surface area contributed by atoms with Gasteiger partial charge in [0.05, 0.1) is 12.2 Å². The Morgan fingerprint density at radius 1 is 1.27 bits per heavy atom. The van der Waals surface area contributed by atoms with Crippen LogP contribution in [0.5, 0.6) is 0 Å². The SMILES string of the molecule is Cc1c(-c2cccnc2)n(CC#CC(=O)O)c2ccccc12. The van der Waals surface area contributed by atoms with Crippen molar-refractivity contribution in [2.45, 2.75) is 13.5 Å². The molecule has 22 heavy (non-hydrogen) atoms. The van der Waals surface area contributed by atoms with Gasteiger partial charge in [0.2, 0.25) is 0 Å². The van der Waals surface area contributed by atoms with E-state index in [1.165, 1.54) is 0 Å². The van der Waals surface area contributed by atoms with Crippen LogP contribution in [-0.4, -0.2) is 20.6 Å². The minimum absolute atomic E-state index is 0.324. The summed E-state index contributed by atoms with van der Waals surface area (Å²) in [4.78, 5) is 14.8. The van der Waals surface area contributed by atoms with Crippen LogP contribution < -0.4 is 0 Å². The zero-order valence-electron chi connectivity index (χ0n) is 12.1. The molecule has 2 aromatic heterocycles. The molecule has 0 amide bonds. The second kappa shape index (κ2) is 5.74. The van der Waals surface area contributed by atoms with Crippen molar-refractivity contribution in [2.24, 2.45) is 0 Å². The van der Waals surface area contributed by atoms with E-state index in [0.29, 0.717) is 6.54 Å². The average molecular weight is 290 g/mol. The van der Waals surface area contributed by atoms with Gasteiger partial charge < -0.3 is 9.67 Å². The highest BCUT2D eigenvalue weighted by Crippen LogP contribution is 2.32. The van der Waals surface area contributed by atoms with E-state index in [0.717, 1.165) is 27.7 Å². The molecule has 108 valence electrons. The third-order valence-corrected chi connectivity index (χ3v) is 3.59. The molecule has 3 rings (SSSR count). The van der Waals surface area contributed by atoms with E-state index in [-0.39, 0.29) is 0 Å². The van der Waals surface area contributed by atoms with Gasteiger partial charge in [-0.2, -0.15) is 0 Å². The van der Waals surface area contributed by atoms with Gasteiger partial charge >= 0.3 is 5.97 Å². The normalized spacial score (nSPS) is 10.2. The van der Waals surface area contributed by atoms with Gasteiger partial charge in [-0.05, 0) is 30.7 Å². The lowest BCUT2D eigenvalue weighted by atomic mass is 10.1. The summed E-state index contributed by atoms with van der Waals surface area (Å²) in [5.74, 6) is 3.77. The standard InChI is InChI=1S/C18H14N2O2/c1-13-15-7-2-3-8-16(15)20(11-5-9-17(21)22)18(13)14-6-4-10-19-12-14/h2-4,6-8,10,12H,11H2,1H3,(H,21,22). The first-order valence-corrected chi connectivity index (χ1v) is 6.88. The molecule has 0 aliphatic heterocycles. The van der Waals surface area contributed by atoms with Crippen molar-refractivity contribution < 1.29 is 9.90 Å². The number of aryl methyl sites for hydroxylation is 1. The summed E-state index contributed by atoms with van der Waals surface area (Å²) in [7, 11) is 0. The Labute approximate surface area is 128 Å². The second-order valence-corrected chi connectivity index (χ2v) is 4.93. The fourth-order valence-corrected chi connectivity index (χ4v) is 2.71. The van der Waals surface area contributed by atoms with Crippen LogP contribution in [0.15, 0.2) is 48.8 Å². The molecule has 4 heteroatoms. The number of pyridine rings is 1. The number of aromatic nitrogens is 2. The largest absolute Gasteiger partial charge is 0.472 e. The van der Waals surface area contributed by atoms with Crippen LogP contribution in [0.2, 0.25) is 0 Å². The van der Waals surface area contributed by atoms with E-state index < -0.39 is 5.97 Å². The predicted octanol–water partition coefficient (Wildman–Crippen LogP) is 3.10. The zero-order chi connectivity index (χ0) is 15.5. The van der Waals surface area contributed by atoms with Crippen molar-refractivity contribution in [1.82, 2.24) is 9.55 Å². The Bertz CT molecular complexity index is 899. The molecular weight excluding hydrogens is 276 g/mol. The molecule has 0 aliphatic rings. The molecule has 0 unspecified atom stereocenters. The molecule has 0 radical (unpaired) electrons. The lowest BCUT2D eigenvalue weighted by molar-refractivity contribution is -0.130. The number of fused-ring (bicyclic) bond motifs is 1. The number of hydrogen-bond donors (Lipinski definition) is 1. The summed E-state index contributed by atoms with van der Waals surface area (Å²) in [6.45, 7) is 2.39. The highest BCUT2D eigenvalue weighted by molar-refractivity contribution is 5.91. The van der Waals surface area contributed by atoms with Crippen LogP contribution in [0.3, 0.4) is 0 Å². The number of carboxylic acid groups (broad SMARTS) is 1. The summed E-state index contributed by atoms with van der Waals surface area (Å²) < 4.78 is 2.04. The fraction of sp³-hybridized carbons (Fsp3) is 0.111. The number of para-hydroxylation sites is 1. The minimum atomic E-state index is -1.11. The monoisotopic (exact) mass is 290 g/mol. The highest BCUT2D eigenvalue weighted by Gasteiger charge is 2.14. The summed E-state index contributed by atoms with van der Waals surface area (Å²) in [5, 5.41) is 9.84. The van der Waals surface area contributed by atoms with Gasteiger partial charge in [-0.25, -0.2) is 4.79 Å². The molecule has 0 spiro atoms. The van der Waals surface area contributed by atoms with E-state index in [9.17, 15) is 4.79 Å². The number of nitrogens with zero attached hydrogens (tertiary/aromatic N) is 2. The Kier molecular flexibility index (Phi) is 3.63. The molecule has 0 aliphatic carbocycles. The van der Waals surface area contributed by atoms with Gasteiger partial charge in [-0.15, -0.1) is 0 Å².